The fraction of sp³-hybridized carbons (Fsp3) is 0.364. The molecule has 0 aromatic heterocycles. The Morgan fingerprint density at radius 2 is 1.94 bits per heavy atom. The van der Waals surface area contributed by atoms with Gasteiger partial charge in [0.25, 0.3) is 0 Å². The molecule has 0 aliphatic heterocycles. The smallest absolute Gasteiger partial charge is 0.317 e. The number of halogens is 1. The van der Waals surface area contributed by atoms with Gasteiger partial charge in [0.1, 0.15) is 5.75 Å². The van der Waals surface area contributed by atoms with Crippen LogP contribution >= 0.6 is 11.6 Å². The Labute approximate surface area is 111 Å². The molecule has 100 valence electrons. The van der Waals surface area contributed by atoms with Crippen LogP contribution in [-0.2, 0) is 20.3 Å². The van der Waals surface area contributed by atoms with E-state index in [-0.39, 0.29) is 18.9 Å². The third-order valence-corrected chi connectivity index (χ3v) is 4.47. The lowest BCUT2D eigenvalue weighted by atomic mass is 10.2. The Morgan fingerprint density at radius 1 is 1.33 bits per heavy atom. The van der Waals surface area contributed by atoms with Gasteiger partial charge in [0.2, 0.25) is 0 Å². The third-order valence-electron chi connectivity index (χ3n) is 2.08. The molecule has 1 aromatic carbocycles. The van der Waals surface area contributed by atoms with Crippen molar-refractivity contribution in [2.24, 2.45) is 4.36 Å². The summed E-state index contributed by atoms with van der Waals surface area (Å²) in [6.45, 7) is -0.281. The minimum atomic E-state index is -2.89. The van der Waals surface area contributed by atoms with Crippen LogP contribution in [0.4, 0.5) is 0 Å². The topological polar surface area (TPSA) is 87.0 Å². The summed E-state index contributed by atoms with van der Waals surface area (Å²) < 4.78 is 16.1. The number of carboxylic acids is 1. The van der Waals surface area contributed by atoms with Gasteiger partial charge >= 0.3 is 5.97 Å². The van der Waals surface area contributed by atoms with E-state index in [4.69, 9.17) is 21.8 Å². The highest BCUT2D eigenvalue weighted by Gasteiger charge is 2.15. The summed E-state index contributed by atoms with van der Waals surface area (Å²) in [6.07, 6.45) is 0. The lowest BCUT2D eigenvalue weighted by Gasteiger charge is -2.08. The van der Waals surface area contributed by atoms with Gasteiger partial charge in [-0.05, 0) is 17.7 Å². The van der Waals surface area contributed by atoms with Gasteiger partial charge < -0.3 is 10.2 Å². The summed E-state index contributed by atoms with van der Waals surface area (Å²) in [6, 6.07) is 6.64. The van der Waals surface area contributed by atoms with Gasteiger partial charge in [-0.1, -0.05) is 23.7 Å². The Kier molecular flexibility index (Phi) is 5.58. The maximum atomic E-state index is 12.3. The van der Waals surface area contributed by atoms with Crippen molar-refractivity contribution >= 4 is 27.3 Å². The Bertz CT molecular complexity index is 520. The fourth-order valence-corrected chi connectivity index (χ4v) is 3.31. The third kappa shape index (κ3) is 5.03. The molecule has 1 atom stereocenters. The maximum Gasteiger partial charge on any atom is 0.317 e. The second kappa shape index (κ2) is 6.72. The SMILES string of the molecule is O=C(O)CS(=O)(Cc1ccc(Cl)cc1)=NCCO. The van der Waals surface area contributed by atoms with Gasteiger partial charge in [0.05, 0.1) is 28.6 Å². The number of aliphatic hydroxyl groups is 1. The molecule has 0 heterocycles. The summed E-state index contributed by atoms with van der Waals surface area (Å²) >= 11 is 5.73. The van der Waals surface area contributed by atoms with Crippen LogP contribution in [0, 0.1) is 0 Å². The first kappa shape index (κ1) is 14.9. The van der Waals surface area contributed by atoms with Crippen LogP contribution in [0.15, 0.2) is 28.6 Å². The molecule has 18 heavy (non-hydrogen) atoms. The van der Waals surface area contributed by atoms with Crippen molar-refractivity contribution < 1.29 is 19.2 Å². The van der Waals surface area contributed by atoms with Crippen molar-refractivity contribution in [1.82, 2.24) is 0 Å². The van der Waals surface area contributed by atoms with Gasteiger partial charge in [-0.3, -0.25) is 4.79 Å². The number of nitrogens with zero attached hydrogens (tertiary/aromatic N) is 1. The molecule has 0 aliphatic rings. The molecule has 0 bridgehead atoms. The minimum absolute atomic E-state index is 0.0281. The molecule has 1 rings (SSSR count). The Morgan fingerprint density at radius 3 is 2.44 bits per heavy atom. The van der Waals surface area contributed by atoms with E-state index < -0.39 is 21.5 Å². The average molecular weight is 292 g/mol. The van der Waals surface area contributed by atoms with E-state index in [1.54, 1.807) is 24.3 Å². The molecule has 0 saturated carbocycles. The van der Waals surface area contributed by atoms with Crippen LogP contribution in [0.25, 0.3) is 0 Å². The monoisotopic (exact) mass is 291 g/mol. The van der Waals surface area contributed by atoms with Crippen LogP contribution in [0.2, 0.25) is 5.02 Å². The van der Waals surface area contributed by atoms with Crippen LogP contribution in [0.5, 0.6) is 0 Å². The first-order valence-electron chi connectivity index (χ1n) is 5.20. The highest BCUT2D eigenvalue weighted by Crippen LogP contribution is 2.13. The largest absolute Gasteiger partial charge is 0.481 e. The number of benzene rings is 1. The van der Waals surface area contributed by atoms with Gasteiger partial charge in [-0.15, -0.1) is 0 Å². The summed E-state index contributed by atoms with van der Waals surface area (Å²) in [5, 5.41) is 18.0. The molecule has 5 nitrogen and oxygen atoms in total. The summed E-state index contributed by atoms with van der Waals surface area (Å²) in [7, 11) is -2.89. The van der Waals surface area contributed by atoms with Crippen molar-refractivity contribution in [1.29, 1.82) is 0 Å². The molecular formula is C11H14ClNO4S. The average Bonchev–Trinajstić information content (AvgIpc) is 2.29. The number of carbonyl (C=O) groups is 1. The van der Waals surface area contributed by atoms with Gasteiger partial charge in [0.15, 0.2) is 0 Å². The predicted octanol–water partition coefficient (Wildman–Crippen LogP) is 1.38. The molecular weight excluding hydrogens is 278 g/mol. The van der Waals surface area contributed by atoms with Crippen LogP contribution in [0.3, 0.4) is 0 Å². The molecule has 0 amide bonds. The predicted molar refractivity (Wildman–Crippen MR) is 70.2 cm³/mol. The van der Waals surface area contributed by atoms with E-state index in [1.165, 1.54) is 0 Å². The van der Waals surface area contributed by atoms with E-state index in [0.717, 1.165) is 0 Å². The van der Waals surface area contributed by atoms with Gasteiger partial charge in [0, 0.05) is 5.02 Å². The zero-order chi connectivity index (χ0) is 13.6. The van der Waals surface area contributed by atoms with E-state index >= 15 is 0 Å². The first-order chi connectivity index (χ1) is 8.45. The van der Waals surface area contributed by atoms with Crippen LogP contribution < -0.4 is 0 Å². The second-order valence-electron chi connectivity index (χ2n) is 3.66. The van der Waals surface area contributed by atoms with Crippen molar-refractivity contribution in [2.75, 3.05) is 18.9 Å². The molecule has 0 spiro atoms. The normalized spacial score (nSPS) is 13.9. The Balaban J connectivity index is 2.95. The van der Waals surface area contributed by atoms with Gasteiger partial charge in [-0.25, -0.2) is 8.57 Å². The van der Waals surface area contributed by atoms with Crippen molar-refractivity contribution in [3.05, 3.63) is 34.9 Å². The Hall–Kier alpha value is -1.11. The zero-order valence-corrected chi connectivity index (χ0v) is 11.2. The zero-order valence-electron chi connectivity index (χ0n) is 9.58. The molecule has 0 aliphatic carbocycles. The maximum absolute atomic E-state index is 12.3. The lowest BCUT2D eigenvalue weighted by molar-refractivity contribution is -0.134. The highest BCUT2D eigenvalue weighted by molar-refractivity contribution is 7.93. The summed E-state index contributed by atoms with van der Waals surface area (Å²) in [5.41, 5.74) is 0.701. The first-order valence-corrected chi connectivity index (χ1v) is 7.44. The molecule has 7 heteroatoms. The van der Waals surface area contributed by atoms with E-state index in [9.17, 15) is 9.00 Å². The number of hydrogen-bond acceptors (Lipinski definition) is 4. The van der Waals surface area contributed by atoms with Crippen molar-refractivity contribution in [3.63, 3.8) is 0 Å². The van der Waals surface area contributed by atoms with E-state index in [1.807, 2.05) is 0 Å². The number of aliphatic hydroxyl groups excluding tert-OH is 1. The molecule has 0 saturated heterocycles. The molecule has 1 unspecified atom stereocenters. The van der Waals surface area contributed by atoms with Gasteiger partial charge in [-0.2, -0.15) is 0 Å². The molecule has 1 aromatic rings. The van der Waals surface area contributed by atoms with Crippen LogP contribution in [-0.4, -0.2) is 39.3 Å². The summed E-state index contributed by atoms with van der Waals surface area (Å²) in [5.74, 6) is -1.66. The van der Waals surface area contributed by atoms with E-state index in [2.05, 4.69) is 4.36 Å². The minimum Gasteiger partial charge on any atom is -0.481 e. The second-order valence-corrected chi connectivity index (χ2v) is 6.47. The summed E-state index contributed by atoms with van der Waals surface area (Å²) in [4.78, 5) is 10.7. The number of carboxylic acid groups (broad SMARTS) is 1. The fourth-order valence-electron chi connectivity index (χ4n) is 1.38. The number of rotatable bonds is 6. The van der Waals surface area contributed by atoms with Crippen molar-refractivity contribution in [2.45, 2.75) is 5.75 Å². The molecule has 0 fully saturated rings. The lowest BCUT2D eigenvalue weighted by Crippen LogP contribution is -2.18. The highest BCUT2D eigenvalue weighted by atomic mass is 35.5. The van der Waals surface area contributed by atoms with Crippen molar-refractivity contribution in [3.8, 4) is 0 Å². The number of aliphatic carboxylic acids is 1. The quantitative estimate of drug-likeness (QED) is 0.829. The van der Waals surface area contributed by atoms with Crippen LogP contribution in [0.1, 0.15) is 5.56 Å². The standard InChI is InChI=1S/C11H14ClNO4S/c12-10-3-1-9(2-4-10)7-18(17,8-11(15)16)13-5-6-14/h1-4,14H,5-8H2,(H,15,16). The number of hydrogen-bond donors (Lipinski definition) is 2. The van der Waals surface area contributed by atoms with E-state index in [0.29, 0.717) is 10.6 Å². The molecule has 0 radical (unpaired) electrons. The molecule has 2 N–H and O–H groups in total.